The van der Waals surface area contributed by atoms with Crippen LogP contribution in [0, 0.1) is 6.92 Å². The first-order chi connectivity index (χ1) is 7.41. The first-order valence-electron chi connectivity index (χ1n) is 5.02. The predicted octanol–water partition coefficient (Wildman–Crippen LogP) is 1.41. The first kappa shape index (κ1) is 12.2. The quantitative estimate of drug-likeness (QED) is 0.811. The molecule has 0 bridgehead atoms. The van der Waals surface area contributed by atoms with Gasteiger partial charge in [0.2, 0.25) is 0 Å². The molecule has 0 radical (unpaired) electrons. The van der Waals surface area contributed by atoms with Crippen molar-refractivity contribution < 1.29 is 14.7 Å². The Hall–Kier alpha value is -1.84. The van der Waals surface area contributed by atoms with Gasteiger partial charge in [0.15, 0.2) is 5.78 Å². The number of carbonyl (C=O) groups is 2. The molecule has 0 saturated heterocycles. The van der Waals surface area contributed by atoms with Crippen LogP contribution in [0.15, 0.2) is 18.2 Å². The number of rotatable bonds is 3. The highest BCUT2D eigenvalue weighted by Gasteiger charge is 2.15. The van der Waals surface area contributed by atoms with Gasteiger partial charge in [-0.2, -0.15) is 0 Å². The van der Waals surface area contributed by atoms with Gasteiger partial charge in [0, 0.05) is 0 Å². The summed E-state index contributed by atoms with van der Waals surface area (Å²) in [4.78, 5) is 22.6. The lowest BCUT2D eigenvalue weighted by molar-refractivity contribution is -0.118. The summed E-state index contributed by atoms with van der Waals surface area (Å²) in [6.07, 6.45) is 0. The van der Waals surface area contributed by atoms with Crippen molar-refractivity contribution in [1.29, 1.82) is 0 Å². The minimum atomic E-state index is -0.548. The number of aryl methyl sites for hydroxylation is 1. The Morgan fingerprint density at radius 3 is 2.50 bits per heavy atom. The molecule has 86 valence electrons. The SMILES string of the molecule is CC(=O)C(C)NC(=O)c1ccc(C)cc1O. The Kier molecular flexibility index (Phi) is 3.66. The molecule has 4 nitrogen and oxygen atoms in total. The van der Waals surface area contributed by atoms with Crippen LogP contribution in [0.4, 0.5) is 0 Å². The monoisotopic (exact) mass is 221 g/mol. The minimum absolute atomic E-state index is 0.0757. The van der Waals surface area contributed by atoms with Gasteiger partial charge in [0.05, 0.1) is 11.6 Å². The van der Waals surface area contributed by atoms with Crippen molar-refractivity contribution in [2.75, 3.05) is 0 Å². The third-order valence-corrected chi connectivity index (χ3v) is 2.36. The highest BCUT2D eigenvalue weighted by atomic mass is 16.3. The highest BCUT2D eigenvalue weighted by molar-refractivity contribution is 5.99. The summed E-state index contributed by atoms with van der Waals surface area (Å²) in [6, 6.07) is 4.22. The van der Waals surface area contributed by atoms with Gasteiger partial charge in [0.1, 0.15) is 5.75 Å². The summed E-state index contributed by atoms with van der Waals surface area (Å²) < 4.78 is 0. The molecule has 0 aliphatic rings. The van der Waals surface area contributed by atoms with E-state index in [1.807, 2.05) is 6.92 Å². The molecule has 1 aromatic carbocycles. The number of aromatic hydroxyl groups is 1. The fourth-order valence-electron chi connectivity index (χ4n) is 1.21. The standard InChI is InChI=1S/C12H15NO3/c1-7-4-5-10(11(15)6-7)12(16)13-8(2)9(3)14/h4-6,8,15H,1-3H3,(H,13,16). The average molecular weight is 221 g/mol. The lowest BCUT2D eigenvalue weighted by Crippen LogP contribution is -2.37. The maximum Gasteiger partial charge on any atom is 0.255 e. The number of ketones is 1. The van der Waals surface area contributed by atoms with Crippen LogP contribution in [0.3, 0.4) is 0 Å². The van der Waals surface area contributed by atoms with E-state index in [4.69, 9.17) is 0 Å². The van der Waals surface area contributed by atoms with Crippen molar-refractivity contribution in [2.24, 2.45) is 0 Å². The number of Topliss-reactive ketones (excluding diaryl/α,β-unsaturated/α-hetero) is 1. The number of hydrogen-bond acceptors (Lipinski definition) is 3. The van der Waals surface area contributed by atoms with Gasteiger partial charge in [-0.15, -0.1) is 0 Å². The third-order valence-electron chi connectivity index (χ3n) is 2.36. The van der Waals surface area contributed by atoms with E-state index in [0.717, 1.165) is 5.56 Å². The van der Waals surface area contributed by atoms with Crippen LogP contribution in [0.2, 0.25) is 0 Å². The Bertz CT molecular complexity index is 426. The molecule has 1 unspecified atom stereocenters. The van der Waals surface area contributed by atoms with Gasteiger partial charge in [-0.25, -0.2) is 0 Å². The highest BCUT2D eigenvalue weighted by Crippen LogP contribution is 2.18. The smallest absolute Gasteiger partial charge is 0.255 e. The van der Waals surface area contributed by atoms with Gasteiger partial charge >= 0.3 is 0 Å². The molecule has 0 saturated carbocycles. The van der Waals surface area contributed by atoms with Crippen molar-refractivity contribution in [2.45, 2.75) is 26.8 Å². The fourth-order valence-corrected chi connectivity index (χ4v) is 1.21. The molecule has 4 heteroatoms. The van der Waals surface area contributed by atoms with E-state index >= 15 is 0 Å². The van der Waals surface area contributed by atoms with Crippen molar-refractivity contribution in [1.82, 2.24) is 5.32 Å². The minimum Gasteiger partial charge on any atom is -0.507 e. The molecule has 1 aromatic rings. The Labute approximate surface area is 94.3 Å². The number of nitrogens with one attached hydrogen (secondary N) is 1. The molecule has 16 heavy (non-hydrogen) atoms. The lowest BCUT2D eigenvalue weighted by Gasteiger charge is -2.11. The summed E-state index contributed by atoms with van der Waals surface area (Å²) in [7, 11) is 0. The fraction of sp³-hybridized carbons (Fsp3) is 0.333. The molecule has 0 spiro atoms. The van der Waals surface area contributed by atoms with E-state index in [1.54, 1.807) is 13.0 Å². The molecule has 0 fully saturated rings. The van der Waals surface area contributed by atoms with Crippen LogP contribution in [0.1, 0.15) is 29.8 Å². The second-order valence-electron chi connectivity index (χ2n) is 3.83. The Morgan fingerprint density at radius 2 is 2.00 bits per heavy atom. The average Bonchev–Trinajstić information content (AvgIpc) is 2.16. The van der Waals surface area contributed by atoms with Crippen molar-refractivity contribution in [3.05, 3.63) is 29.3 Å². The molecular weight excluding hydrogens is 206 g/mol. The molecule has 1 atom stereocenters. The van der Waals surface area contributed by atoms with E-state index < -0.39 is 11.9 Å². The van der Waals surface area contributed by atoms with E-state index in [-0.39, 0.29) is 17.1 Å². The molecule has 2 N–H and O–H groups in total. The Balaban J connectivity index is 2.85. The van der Waals surface area contributed by atoms with E-state index in [0.29, 0.717) is 0 Å². The van der Waals surface area contributed by atoms with Gasteiger partial charge in [0.25, 0.3) is 5.91 Å². The molecule has 0 heterocycles. The summed E-state index contributed by atoms with van der Waals surface area (Å²) in [6.45, 7) is 4.82. The second-order valence-corrected chi connectivity index (χ2v) is 3.83. The Morgan fingerprint density at radius 1 is 1.38 bits per heavy atom. The number of benzene rings is 1. The van der Waals surface area contributed by atoms with Crippen LogP contribution >= 0.6 is 0 Å². The van der Waals surface area contributed by atoms with Crippen molar-refractivity contribution >= 4 is 11.7 Å². The van der Waals surface area contributed by atoms with Crippen LogP contribution in [0.25, 0.3) is 0 Å². The normalized spacial score (nSPS) is 11.9. The molecule has 1 rings (SSSR count). The van der Waals surface area contributed by atoms with E-state index in [1.165, 1.54) is 19.1 Å². The summed E-state index contributed by atoms with van der Waals surface area (Å²) in [5.41, 5.74) is 1.05. The number of carbonyl (C=O) groups excluding carboxylic acids is 2. The topological polar surface area (TPSA) is 66.4 Å². The number of phenols is 1. The van der Waals surface area contributed by atoms with Gasteiger partial charge in [-0.1, -0.05) is 6.07 Å². The zero-order chi connectivity index (χ0) is 12.3. The molecule has 0 aliphatic heterocycles. The van der Waals surface area contributed by atoms with Gasteiger partial charge in [-0.05, 0) is 38.5 Å². The van der Waals surface area contributed by atoms with Crippen molar-refractivity contribution in [3.8, 4) is 5.75 Å². The largest absolute Gasteiger partial charge is 0.507 e. The van der Waals surface area contributed by atoms with Crippen LogP contribution in [-0.2, 0) is 4.79 Å². The van der Waals surface area contributed by atoms with Gasteiger partial charge < -0.3 is 10.4 Å². The molecule has 0 aliphatic carbocycles. The first-order valence-corrected chi connectivity index (χ1v) is 5.02. The molecule has 0 aromatic heterocycles. The molecular formula is C12H15NO3. The number of phenolic OH excluding ortho intramolecular Hbond substituents is 1. The second kappa shape index (κ2) is 4.79. The maximum absolute atomic E-state index is 11.7. The summed E-state index contributed by atoms with van der Waals surface area (Å²) in [5, 5.41) is 12.1. The maximum atomic E-state index is 11.7. The summed E-state index contributed by atoms with van der Waals surface area (Å²) >= 11 is 0. The third kappa shape index (κ3) is 2.82. The molecule has 1 amide bonds. The van der Waals surface area contributed by atoms with Crippen LogP contribution in [0.5, 0.6) is 5.75 Å². The lowest BCUT2D eigenvalue weighted by atomic mass is 10.1. The summed E-state index contributed by atoms with van der Waals surface area (Å²) in [5.74, 6) is -0.645. The number of hydrogen-bond donors (Lipinski definition) is 2. The zero-order valence-electron chi connectivity index (χ0n) is 9.57. The van der Waals surface area contributed by atoms with E-state index in [9.17, 15) is 14.7 Å². The zero-order valence-corrected chi connectivity index (χ0v) is 9.57. The van der Waals surface area contributed by atoms with Gasteiger partial charge in [-0.3, -0.25) is 9.59 Å². The number of amides is 1. The van der Waals surface area contributed by atoms with E-state index in [2.05, 4.69) is 5.32 Å². The van der Waals surface area contributed by atoms with Crippen LogP contribution < -0.4 is 5.32 Å². The van der Waals surface area contributed by atoms with Crippen molar-refractivity contribution in [3.63, 3.8) is 0 Å². The van der Waals surface area contributed by atoms with Crippen LogP contribution in [-0.4, -0.2) is 22.8 Å². The predicted molar refractivity (Wildman–Crippen MR) is 60.5 cm³/mol.